The molecule has 62 valence electrons. The first-order chi connectivity index (χ1) is 5.38. The minimum atomic E-state index is 0. The molecule has 2 rings (SSSR count). The van der Waals surface area contributed by atoms with E-state index in [1.165, 1.54) is 0 Å². The van der Waals surface area contributed by atoms with Gasteiger partial charge in [-0.15, -0.1) is 12.4 Å². The number of hydrogen-bond donors (Lipinski definition) is 0. The lowest BCUT2D eigenvalue weighted by atomic mass is 10.1. The van der Waals surface area contributed by atoms with Crippen LogP contribution in [0.1, 0.15) is 6.42 Å². The van der Waals surface area contributed by atoms with Gasteiger partial charge in [0.1, 0.15) is 0 Å². The Morgan fingerprint density at radius 2 is 2.00 bits per heavy atom. The van der Waals surface area contributed by atoms with Gasteiger partial charge < -0.3 is 0 Å². The van der Waals surface area contributed by atoms with Gasteiger partial charge in [0.25, 0.3) is 0 Å². The predicted octanol–water partition coefficient (Wildman–Crippen LogP) is 2.36. The van der Waals surface area contributed by atoms with Gasteiger partial charge in [-0.1, -0.05) is 36.5 Å². The number of carbonyl (C=O) groups is 1. The fourth-order valence-corrected chi connectivity index (χ4v) is 1.29. The van der Waals surface area contributed by atoms with Crippen molar-refractivity contribution < 1.29 is 4.79 Å². The Kier molecular flexibility index (Phi) is 2.66. The Morgan fingerprint density at radius 1 is 1.17 bits per heavy atom. The maximum absolute atomic E-state index is 11.3. The summed E-state index contributed by atoms with van der Waals surface area (Å²) in [6.07, 6.45) is 12.1. The predicted molar refractivity (Wildman–Crippen MR) is 51.3 cm³/mol. The number of rotatable bonds is 0. The molecule has 0 aromatic rings. The minimum Gasteiger partial charge on any atom is -0.294 e. The second kappa shape index (κ2) is 3.55. The quantitative estimate of drug-likeness (QED) is 0.560. The smallest absolute Gasteiger partial charge is 0.167 e. The molecule has 0 amide bonds. The maximum atomic E-state index is 11.3. The fraction of sp³-hybridized carbons (Fsp3) is 0.100. The van der Waals surface area contributed by atoms with E-state index in [1.807, 2.05) is 36.5 Å². The zero-order valence-electron chi connectivity index (χ0n) is 6.49. The molecule has 0 aliphatic heterocycles. The number of fused-ring (bicyclic) bond motifs is 1. The van der Waals surface area contributed by atoms with Crippen LogP contribution in [-0.2, 0) is 4.79 Å². The molecule has 0 radical (unpaired) electrons. The van der Waals surface area contributed by atoms with Gasteiger partial charge in [-0.3, -0.25) is 4.79 Å². The van der Waals surface area contributed by atoms with Crippen molar-refractivity contribution in [2.75, 3.05) is 0 Å². The van der Waals surface area contributed by atoms with E-state index in [2.05, 4.69) is 0 Å². The summed E-state index contributed by atoms with van der Waals surface area (Å²) in [4.78, 5) is 11.3. The van der Waals surface area contributed by atoms with Crippen molar-refractivity contribution in [3.8, 4) is 0 Å². The molecule has 0 aromatic heterocycles. The van der Waals surface area contributed by atoms with Crippen molar-refractivity contribution in [1.29, 1.82) is 0 Å². The Hall–Kier alpha value is -1.08. The fourth-order valence-electron chi connectivity index (χ4n) is 1.29. The number of ketones is 1. The number of carbonyl (C=O) groups excluding carboxylic acids is 1. The molecule has 2 aliphatic carbocycles. The molecule has 2 heteroatoms. The Labute approximate surface area is 77.6 Å². The molecular weight excluding hydrogens is 172 g/mol. The Balaban J connectivity index is 0.000000720. The summed E-state index contributed by atoms with van der Waals surface area (Å²) in [6, 6.07) is 0. The van der Waals surface area contributed by atoms with Crippen molar-refractivity contribution >= 4 is 18.2 Å². The maximum Gasteiger partial charge on any atom is 0.167 e. The molecule has 0 unspecified atom stereocenters. The summed E-state index contributed by atoms with van der Waals surface area (Å²) >= 11 is 0. The monoisotopic (exact) mass is 180 g/mol. The third kappa shape index (κ3) is 1.41. The zero-order chi connectivity index (χ0) is 7.68. The number of allylic oxidation sites excluding steroid dienone is 8. The lowest BCUT2D eigenvalue weighted by Gasteiger charge is -1.97. The highest BCUT2D eigenvalue weighted by Gasteiger charge is 2.14. The van der Waals surface area contributed by atoms with E-state index in [9.17, 15) is 4.79 Å². The minimum absolute atomic E-state index is 0. The van der Waals surface area contributed by atoms with Crippen LogP contribution in [0.3, 0.4) is 0 Å². The third-order valence-corrected chi connectivity index (χ3v) is 1.87. The van der Waals surface area contributed by atoms with Gasteiger partial charge in [0.15, 0.2) is 5.78 Å². The number of halogens is 1. The Bertz CT molecular complexity index is 319. The summed E-state index contributed by atoms with van der Waals surface area (Å²) < 4.78 is 0. The molecule has 0 spiro atoms. The molecule has 0 heterocycles. The largest absolute Gasteiger partial charge is 0.294 e. The lowest BCUT2D eigenvalue weighted by Crippen LogP contribution is -1.98. The Morgan fingerprint density at radius 3 is 2.83 bits per heavy atom. The van der Waals surface area contributed by atoms with E-state index in [-0.39, 0.29) is 18.2 Å². The van der Waals surface area contributed by atoms with E-state index in [1.54, 1.807) is 0 Å². The van der Waals surface area contributed by atoms with Gasteiger partial charge in [0, 0.05) is 12.0 Å². The molecule has 2 aliphatic rings. The first-order valence-corrected chi connectivity index (χ1v) is 3.67. The summed E-state index contributed by atoms with van der Waals surface area (Å²) in [6.45, 7) is 0. The molecular formula is C10H9ClO. The van der Waals surface area contributed by atoms with Crippen LogP contribution >= 0.6 is 12.4 Å². The van der Waals surface area contributed by atoms with Crippen LogP contribution in [0.2, 0.25) is 0 Å². The van der Waals surface area contributed by atoms with Crippen molar-refractivity contribution in [2.24, 2.45) is 0 Å². The molecule has 0 atom stereocenters. The summed E-state index contributed by atoms with van der Waals surface area (Å²) in [5, 5.41) is 0. The van der Waals surface area contributed by atoms with Gasteiger partial charge in [-0.2, -0.15) is 0 Å². The second-order valence-electron chi connectivity index (χ2n) is 2.62. The van der Waals surface area contributed by atoms with E-state index < -0.39 is 0 Å². The number of Topliss-reactive ketones (excluding diaryl/α,β-unsaturated/α-hetero) is 1. The summed E-state index contributed by atoms with van der Waals surface area (Å²) in [5.74, 6) is 0.218. The highest BCUT2D eigenvalue weighted by molar-refractivity contribution is 6.03. The molecule has 0 saturated carbocycles. The van der Waals surface area contributed by atoms with Gasteiger partial charge in [-0.05, 0) is 5.57 Å². The van der Waals surface area contributed by atoms with E-state index in [4.69, 9.17) is 0 Å². The normalized spacial score (nSPS) is 19.2. The topological polar surface area (TPSA) is 17.1 Å². The number of hydrogen-bond acceptors (Lipinski definition) is 1. The molecule has 0 bridgehead atoms. The van der Waals surface area contributed by atoms with E-state index in [0.29, 0.717) is 6.42 Å². The van der Waals surface area contributed by atoms with Gasteiger partial charge in [0.2, 0.25) is 0 Å². The average molecular weight is 181 g/mol. The van der Waals surface area contributed by atoms with Crippen LogP contribution in [0.5, 0.6) is 0 Å². The van der Waals surface area contributed by atoms with Crippen LogP contribution in [-0.4, -0.2) is 5.78 Å². The standard InChI is InChI=1S/C10H8O.ClH/c11-10-7-2-1-4-8-5-3-6-9(8)10;/h1-6H,7H2;1H. The molecule has 12 heavy (non-hydrogen) atoms. The van der Waals surface area contributed by atoms with Crippen molar-refractivity contribution in [2.45, 2.75) is 6.42 Å². The van der Waals surface area contributed by atoms with E-state index >= 15 is 0 Å². The second-order valence-corrected chi connectivity index (χ2v) is 2.62. The van der Waals surface area contributed by atoms with Crippen molar-refractivity contribution in [3.63, 3.8) is 0 Å². The molecule has 1 nitrogen and oxygen atoms in total. The van der Waals surface area contributed by atoms with Crippen LogP contribution in [0.4, 0.5) is 0 Å². The van der Waals surface area contributed by atoms with Crippen LogP contribution < -0.4 is 0 Å². The summed E-state index contributed by atoms with van der Waals surface area (Å²) in [5.41, 5.74) is 1.90. The molecule has 0 aromatic carbocycles. The average Bonchev–Trinajstić information content (AvgIpc) is 2.40. The van der Waals surface area contributed by atoms with Gasteiger partial charge >= 0.3 is 0 Å². The van der Waals surface area contributed by atoms with Gasteiger partial charge in [-0.25, -0.2) is 0 Å². The zero-order valence-corrected chi connectivity index (χ0v) is 7.30. The first kappa shape index (κ1) is 9.01. The lowest BCUT2D eigenvalue weighted by molar-refractivity contribution is -0.114. The SMILES string of the molecule is Cl.O=C1CC=CC=C2C=CC=C12. The summed E-state index contributed by atoms with van der Waals surface area (Å²) in [7, 11) is 0. The first-order valence-electron chi connectivity index (χ1n) is 3.67. The molecule has 0 saturated heterocycles. The van der Waals surface area contributed by atoms with Crippen LogP contribution in [0.15, 0.2) is 47.6 Å². The van der Waals surface area contributed by atoms with E-state index in [0.717, 1.165) is 11.1 Å². The van der Waals surface area contributed by atoms with Crippen LogP contribution in [0, 0.1) is 0 Å². The van der Waals surface area contributed by atoms with Crippen molar-refractivity contribution in [3.05, 3.63) is 47.6 Å². The van der Waals surface area contributed by atoms with Gasteiger partial charge in [0.05, 0.1) is 0 Å². The molecule has 0 N–H and O–H groups in total. The highest BCUT2D eigenvalue weighted by atomic mass is 35.5. The van der Waals surface area contributed by atoms with Crippen molar-refractivity contribution in [1.82, 2.24) is 0 Å². The van der Waals surface area contributed by atoms with Crippen LogP contribution in [0.25, 0.3) is 0 Å². The highest BCUT2D eigenvalue weighted by Crippen LogP contribution is 2.22. The third-order valence-electron chi connectivity index (χ3n) is 1.87. The molecule has 0 fully saturated rings.